The number of Topliss-reactive ketones (excluding diaryl/α,β-unsaturated/α-hetero) is 1. The van der Waals surface area contributed by atoms with Gasteiger partial charge < -0.3 is 19.5 Å². The van der Waals surface area contributed by atoms with Crippen LogP contribution in [0.25, 0.3) is 5.76 Å². The van der Waals surface area contributed by atoms with Gasteiger partial charge in [-0.2, -0.15) is 0 Å². The molecule has 2 heterocycles. The van der Waals surface area contributed by atoms with Crippen molar-refractivity contribution < 1.29 is 28.6 Å². The number of aliphatic hydroxyl groups excluding tert-OH is 1. The Morgan fingerprint density at radius 3 is 2.66 bits per heavy atom. The third-order valence-corrected chi connectivity index (χ3v) is 6.82. The van der Waals surface area contributed by atoms with Gasteiger partial charge in [0.2, 0.25) is 0 Å². The summed E-state index contributed by atoms with van der Waals surface area (Å²) >= 11 is 0. The molecule has 0 saturated carbocycles. The van der Waals surface area contributed by atoms with Gasteiger partial charge in [0.1, 0.15) is 23.1 Å². The lowest BCUT2D eigenvalue weighted by molar-refractivity contribution is -0.139. The number of rotatable bonds is 7. The van der Waals surface area contributed by atoms with Gasteiger partial charge in [-0.1, -0.05) is 24.3 Å². The number of aryl methyl sites for hydroxylation is 1. The molecule has 2 aliphatic heterocycles. The van der Waals surface area contributed by atoms with E-state index in [0.717, 1.165) is 29.7 Å². The molecule has 196 valence electrons. The van der Waals surface area contributed by atoms with Crippen LogP contribution in [0.2, 0.25) is 0 Å². The van der Waals surface area contributed by atoms with E-state index in [1.807, 2.05) is 38.1 Å². The van der Waals surface area contributed by atoms with E-state index < -0.39 is 17.7 Å². The highest BCUT2D eigenvalue weighted by Gasteiger charge is 2.46. The summed E-state index contributed by atoms with van der Waals surface area (Å²) in [6.07, 6.45) is 2.03. The number of carbonyl (C=O) groups is 2. The van der Waals surface area contributed by atoms with E-state index in [2.05, 4.69) is 0 Å². The van der Waals surface area contributed by atoms with Crippen LogP contribution in [0.3, 0.4) is 0 Å². The van der Waals surface area contributed by atoms with Crippen molar-refractivity contribution in [3.05, 3.63) is 100 Å². The van der Waals surface area contributed by atoms with Gasteiger partial charge in [-0.05, 0) is 92.3 Å². The Kier molecular flexibility index (Phi) is 7.18. The zero-order chi connectivity index (χ0) is 26.8. The van der Waals surface area contributed by atoms with Crippen LogP contribution in [-0.2, 0) is 22.4 Å². The largest absolute Gasteiger partial charge is 0.507 e. The van der Waals surface area contributed by atoms with Gasteiger partial charge in [0.25, 0.3) is 11.7 Å². The normalized spacial score (nSPS) is 18.4. The first-order valence-corrected chi connectivity index (χ1v) is 12.9. The lowest BCUT2D eigenvalue weighted by atomic mass is 9.93. The second-order valence-electron chi connectivity index (χ2n) is 9.88. The van der Waals surface area contributed by atoms with Crippen LogP contribution < -0.4 is 9.47 Å². The van der Waals surface area contributed by atoms with Gasteiger partial charge in [0, 0.05) is 12.1 Å². The number of likely N-dealkylation sites (tertiary alicyclic amines) is 1. The zero-order valence-electron chi connectivity index (χ0n) is 21.4. The molecule has 1 amide bonds. The number of hydrogen-bond donors (Lipinski definition) is 1. The zero-order valence-corrected chi connectivity index (χ0v) is 21.4. The van der Waals surface area contributed by atoms with Crippen LogP contribution in [0.1, 0.15) is 48.6 Å². The number of benzene rings is 3. The maximum absolute atomic E-state index is 13.4. The van der Waals surface area contributed by atoms with Crippen LogP contribution in [0, 0.1) is 5.82 Å². The molecule has 0 radical (unpaired) electrons. The monoisotopic (exact) mass is 515 g/mol. The number of amides is 1. The molecule has 1 saturated heterocycles. The average Bonchev–Trinajstić information content (AvgIpc) is 3.17. The molecule has 6 nitrogen and oxygen atoms in total. The molecule has 0 aromatic heterocycles. The fraction of sp³-hybridized carbons (Fsp3) is 0.290. The fourth-order valence-corrected chi connectivity index (χ4v) is 5.05. The minimum absolute atomic E-state index is 0.0347. The van der Waals surface area contributed by atoms with Crippen LogP contribution >= 0.6 is 0 Å². The number of carbonyl (C=O) groups excluding carboxylic acids is 2. The highest BCUT2D eigenvalue weighted by molar-refractivity contribution is 6.46. The van der Waals surface area contributed by atoms with E-state index in [0.29, 0.717) is 29.9 Å². The van der Waals surface area contributed by atoms with E-state index in [4.69, 9.17) is 9.47 Å². The highest BCUT2D eigenvalue weighted by Crippen LogP contribution is 2.41. The number of fused-ring (bicyclic) bond motifs is 1. The molecule has 0 aliphatic carbocycles. The molecular weight excluding hydrogens is 485 g/mol. The molecule has 3 aromatic rings. The molecule has 2 aliphatic rings. The first kappa shape index (κ1) is 25.5. The highest BCUT2D eigenvalue weighted by atomic mass is 19.1. The second-order valence-corrected chi connectivity index (χ2v) is 9.88. The molecule has 0 spiro atoms. The Hall–Kier alpha value is -4.13. The quantitative estimate of drug-likeness (QED) is 0.252. The predicted molar refractivity (Wildman–Crippen MR) is 142 cm³/mol. The molecule has 5 rings (SSSR count). The molecular formula is C31H30FNO5. The molecule has 7 heteroatoms. The Bertz CT molecular complexity index is 1400. The number of aliphatic hydroxyl groups is 1. The summed E-state index contributed by atoms with van der Waals surface area (Å²) in [5.74, 6) is -0.617. The number of ether oxygens (including phenoxy) is 2. The maximum Gasteiger partial charge on any atom is 0.295 e. The Morgan fingerprint density at radius 2 is 1.89 bits per heavy atom. The predicted octanol–water partition coefficient (Wildman–Crippen LogP) is 5.60. The van der Waals surface area contributed by atoms with E-state index in [-0.39, 0.29) is 29.8 Å². The number of halogens is 1. The summed E-state index contributed by atoms with van der Waals surface area (Å²) < 4.78 is 25.0. The van der Waals surface area contributed by atoms with Crippen LogP contribution in [0.4, 0.5) is 4.39 Å². The smallest absolute Gasteiger partial charge is 0.295 e. The maximum atomic E-state index is 13.4. The summed E-state index contributed by atoms with van der Waals surface area (Å²) in [6, 6.07) is 17.8. The van der Waals surface area contributed by atoms with E-state index >= 15 is 0 Å². The third-order valence-electron chi connectivity index (χ3n) is 6.82. The van der Waals surface area contributed by atoms with E-state index in [9.17, 15) is 19.1 Å². The van der Waals surface area contributed by atoms with Crippen LogP contribution in [0.15, 0.2) is 72.3 Å². The van der Waals surface area contributed by atoms with Crippen LogP contribution in [0.5, 0.6) is 11.5 Å². The van der Waals surface area contributed by atoms with Crippen molar-refractivity contribution in [3.63, 3.8) is 0 Å². The number of nitrogens with zero attached hydrogens (tertiary/aromatic N) is 1. The first-order chi connectivity index (χ1) is 18.3. The van der Waals surface area contributed by atoms with Crippen molar-refractivity contribution in [3.8, 4) is 11.5 Å². The first-order valence-electron chi connectivity index (χ1n) is 12.9. The SMILES string of the molecule is CC(C)Oc1cccc(C2/C(=C(/O)c3ccc4c(c3)CCCO4)C(=O)C(=O)N2CCc2ccc(F)cc2)c1. The van der Waals surface area contributed by atoms with Crippen molar-refractivity contribution in [1.82, 2.24) is 4.90 Å². The molecule has 38 heavy (non-hydrogen) atoms. The summed E-state index contributed by atoms with van der Waals surface area (Å²) in [7, 11) is 0. The minimum atomic E-state index is -0.807. The summed E-state index contributed by atoms with van der Waals surface area (Å²) in [5.41, 5.74) is 2.94. The molecule has 3 aromatic carbocycles. The second kappa shape index (κ2) is 10.7. The fourth-order valence-electron chi connectivity index (χ4n) is 5.05. The van der Waals surface area contributed by atoms with Gasteiger partial charge in [0.05, 0.1) is 24.3 Å². The average molecular weight is 516 g/mol. The molecule has 0 bridgehead atoms. The Labute approximate surface area is 221 Å². The van der Waals surface area contributed by atoms with Gasteiger partial charge in [0.15, 0.2) is 0 Å². The van der Waals surface area contributed by atoms with E-state index in [1.165, 1.54) is 17.0 Å². The third kappa shape index (κ3) is 5.14. The molecule has 1 fully saturated rings. The summed E-state index contributed by atoms with van der Waals surface area (Å²) in [4.78, 5) is 28.2. The summed E-state index contributed by atoms with van der Waals surface area (Å²) in [5, 5.41) is 11.5. The summed E-state index contributed by atoms with van der Waals surface area (Å²) in [6.45, 7) is 4.69. The lowest BCUT2D eigenvalue weighted by Gasteiger charge is -2.26. The van der Waals surface area contributed by atoms with Crippen molar-refractivity contribution >= 4 is 17.4 Å². The molecule has 1 atom stereocenters. The molecule has 1 N–H and O–H groups in total. The van der Waals surface area contributed by atoms with Crippen molar-refractivity contribution in [2.45, 2.75) is 45.3 Å². The van der Waals surface area contributed by atoms with E-state index in [1.54, 1.807) is 30.3 Å². The Morgan fingerprint density at radius 1 is 1.11 bits per heavy atom. The van der Waals surface area contributed by atoms with Crippen molar-refractivity contribution in [1.29, 1.82) is 0 Å². The number of hydrogen-bond acceptors (Lipinski definition) is 5. The van der Waals surface area contributed by atoms with Gasteiger partial charge in [-0.15, -0.1) is 0 Å². The Balaban J connectivity index is 1.57. The standard InChI is InChI=1S/C31H30FNO5/c1-19(2)38-25-7-3-5-22(18-25)28-27(29(34)23-10-13-26-21(17-23)6-4-16-37-26)30(35)31(36)33(28)15-14-20-8-11-24(32)12-9-20/h3,5,7-13,17-19,28,34H,4,6,14-16H2,1-2H3/b29-27-. The number of ketones is 1. The van der Waals surface area contributed by atoms with Crippen molar-refractivity contribution in [2.75, 3.05) is 13.2 Å². The van der Waals surface area contributed by atoms with Crippen molar-refractivity contribution in [2.24, 2.45) is 0 Å². The van der Waals surface area contributed by atoms with Gasteiger partial charge >= 0.3 is 0 Å². The molecule has 1 unspecified atom stereocenters. The van der Waals surface area contributed by atoms with Gasteiger partial charge in [-0.25, -0.2) is 4.39 Å². The minimum Gasteiger partial charge on any atom is -0.507 e. The lowest BCUT2D eigenvalue weighted by Crippen LogP contribution is -2.31. The van der Waals surface area contributed by atoms with Gasteiger partial charge in [-0.3, -0.25) is 9.59 Å². The topological polar surface area (TPSA) is 76.1 Å². The van der Waals surface area contributed by atoms with Crippen LogP contribution in [-0.4, -0.2) is 41.0 Å².